The molecule has 1 atom stereocenters. The van der Waals surface area contributed by atoms with Crippen LogP contribution in [-0.4, -0.2) is 30.6 Å². The molecule has 0 amide bonds. The lowest BCUT2D eigenvalue weighted by Gasteiger charge is -2.18. The minimum absolute atomic E-state index is 0.0974. The van der Waals surface area contributed by atoms with Gasteiger partial charge in [-0.05, 0) is 60.9 Å². The predicted molar refractivity (Wildman–Crippen MR) is 120 cm³/mol. The van der Waals surface area contributed by atoms with Crippen LogP contribution in [0.5, 0.6) is 23.0 Å². The van der Waals surface area contributed by atoms with E-state index < -0.39 is 0 Å². The molecule has 31 heavy (non-hydrogen) atoms. The van der Waals surface area contributed by atoms with Crippen molar-refractivity contribution in [3.8, 4) is 23.0 Å². The Balaban J connectivity index is 1.47. The van der Waals surface area contributed by atoms with Gasteiger partial charge in [-0.25, -0.2) is 0 Å². The molecule has 0 saturated heterocycles. The summed E-state index contributed by atoms with van der Waals surface area (Å²) in [6, 6.07) is 19.0. The molecule has 0 spiro atoms. The molecule has 0 saturated carbocycles. The number of hydrogen-bond donors (Lipinski definition) is 2. The Bertz CT molecular complexity index is 1110. The van der Waals surface area contributed by atoms with Crippen molar-refractivity contribution in [2.45, 2.75) is 26.6 Å². The minimum Gasteiger partial charge on any atom is -0.507 e. The Morgan fingerprint density at radius 2 is 1.90 bits per heavy atom. The first-order valence-corrected chi connectivity index (χ1v) is 10.2. The van der Waals surface area contributed by atoms with Gasteiger partial charge in [-0.1, -0.05) is 24.3 Å². The molecular weight excluding hydrogens is 392 g/mol. The Hall–Kier alpha value is -3.67. The van der Waals surface area contributed by atoms with Crippen molar-refractivity contribution in [1.29, 1.82) is 0 Å². The van der Waals surface area contributed by atoms with Gasteiger partial charge >= 0.3 is 0 Å². The molecule has 0 radical (unpaired) electrons. The van der Waals surface area contributed by atoms with Gasteiger partial charge in [0.2, 0.25) is 0 Å². The zero-order valence-electron chi connectivity index (χ0n) is 17.9. The third kappa shape index (κ3) is 4.74. The van der Waals surface area contributed by atoms with Gasteiger partial charge in [-0.2, -0.15) is 5.10 Å². The second-order valence-electron chi connectivity index (χ2n) is 7.55. The van der Waals surface area contributed by atoms with Gasteiger partial charge in [-0.15, -0.1) is 0 Å². The smallest absolute Gasteiger partial charge is 0.162 e. The van der Waals surface area contributed by atoms with Crippen molar-refractivity contribution in [2.24, 2.45) is 5.10 Å². The highest BCUT2D eigenvalue weighted by Gasteiger charge is 2.27. The van der Waals surface area contributed by atoms with Crippen LogP contribution in [0.15, 0.2) is 65.8 Å². The van der Waals surface area contributed by atoms with Gasteiger partial charge in [0.1, 0.15) is 35.3 Å². The number of benzene rings is 3. The van der Waals surface area contributed by atoms with Crippen molar-refractivity contribution in [1.82, 2.24) is 5.43 Å². The molecule has 2 N–H and O–H groups in total. The van der Waals surface area contributed by atoms with Crippen LogP contribution < -0.4 is 19.6 Å². The summed E-state index contributed by atoms with van der Waals surface area (Å²) >= 11 is 0. The third-order valence-electron chi connectivity index (χ3n) is 5.18. The SMILES string of the molecule is COc1cccc(COc2ccc(C3=NNCC3Oc3cc(C)ccc3C)c(O)c2)c1. The standard InChI is InChI=1S/C25H26N2O4/c1-16-7-8-17(2)23(11-16)31-24-14-26-27-25(24)21-10-9-20(13-22(21)28)30-15-18-5-4-6-19(12-18)29-3/h4-13,24,26,28H,14-15H2,1-3H3. The van der Waals surface area contributed by atoms with Crippen LogP contribution in [0.2, 0.25) is 0 Å². The fraction of sp³-hybridized carbons (Fsp3) is 0.240. The number of phenolic OH excluding ortho intramolecular Hbond substituents is 1. The van der Waals surface area contributed by atoms with Gasteiger partial charge in [0.25, 0.3) is 0 Å². The quantitative estimate of drug-likeness (QED) is 0.597. The normalized spacial score (nSPS) is 15.2. The first-order valence-electron chi connectivity index (χ1n) is 10.2. The van der Waals surface area contributed by atoms with E-state index in [1.54, 1.807) is 13.2 Å². The zero-order valence-corrected chi connectivity index (χ0v) is 17.9. The summed E-state index contributed by atoms with van der Waals surface area (Å²) in [7, 11) is 1.63. The lowest BCUT2D eigenvalue weighted by atomic mass is 10.0. The maximum atomic E-state index is 10.6. The molecule has 0 aliphatic carbocycles. The Morgan fingerprint density at radius 3 is 2.71 bits per heavy atom. The van der Waals surface area contributed by atoms with E-state index in [2.05, 4.69) is 16.6 Å². The molecule has 0 aromatic heterocycles. The van der Waals surface area contributed by atoms with E-state index in [1.165, 1.54) is 0 Å². The Kier molecular flexibility index (Phi) is 5.98. The Morgan fingerprint density at radius 1 is 1.03 bits per heavy atom. The molecule has 3 aromatic carbocycles. The summed E-state index contributed by atoms with van der Waals surface area (Å²) in [6.45, 7) is 4.96. The van der Waals surface area contributed by atoms with Crippen LogP contribution in [0, 0.1) is 13.8 Å². The van der Waals surface area contributed by atoms with E-state index in [0.29, 0.717) is 30.2 Å². The fourth-order valence-electron chi connectivity index (χ4n) is 3.45. The molecule has 1 heterocycles. The first kappa shape index (κ1) is 20.6. The van der Waals surface area contributed by atoms with Gasteiger partial charge in [-0.3, -0.25) is 0 Å². The van der Waals surface area contributed by atoms with Gasteiger partial charge < -0.3 is 24.7 Å². The maximum Gasteiger partial charge on any atom is 0.162 e. The largest absolute Gasteiger partial charge is 0.507 e. The number of nitrogens with one attached hydrogen (secondary N) is 1. The lowest BCUT2D eigenvalue weighted by molar-refractivity contribution is 0.273. The van der Waals surface area contributed by atoms with Crippen LogP contribution in [-0.2, 0) is 6.61 Å². The van der Waals surface area contributed by atoms with E-state index >= 15 is 0 Å². The highest BCUT2D eigenvalue weighted by atomic mass is 16.5. The molecule has 1 aliphatic heterocycles. The van der Waals surface area contributed by atoms with Crippen molar-refractivity contribution in [2.75, 3.05) is 13.7 Å². The van der Waals surface area contributed by atoms with E-state index in [4.69, 9.17) is 14.2 Å². The van der Waals surface area contributed by atoms with Crippen LogP contribution in [0.25, 0.3) is 0 Å². The molecule has 1 unspecified atom stereocenters. The highest BCUT2D eigenvalue weighted by molar-refractivity contribution is 6.07. The topological polar surface area (TPSA) is 72.3 Å². The first-order chi connectivity index (χ1) is 15.0. The minimum atomic E-state index is -0.296. The molecule has 1 aliphatic rings. The van der Waals surface area contributed by atoms with Crippen molar-refractivity contribution in [3.05, 3.63) is 82.9 Å². The monoisotopic (exact) mass is 418 g/mol. The summed E-state index contributed by atoms with van der Waals surface area (Å²) in [5.74, 6) is 2.27. The third-order valence-corrected chi connectivity index (χ3v) is 5.18. The van der Waals surface area contributed by atoms with Crippen molar-refractivity contribution in [3.63, 3.8) is 0 Å². The number of aromatic hydroxyl groups is 1. The molecule has 6 nitrogen and oxygen atoms in total. The summed E-state index contributed by atoms with van der Waals surface area (Å²) in [5, 5.41) is 15.0. The average molecular weight is 418 g/mol. The molecule has 160 valence electrons. The van der Waals surface area contributed by atoms with Gasteiger partial charge in [0.05, 0.1) is 13.7 Å². The van der Waals surface area contributed by atoms with Crippen molar-refractivity contribution >= 4 is 5.71 Å². The number of rotatable bonds is 7. The van der Waals surface area contributed by atoms with Crippen LogP contribution in [0.4, 0.5) is 0 Å². The zero-order chi connectivity index (χ0) is 21.8. The van der Waals surface area contributed by atoms with Crippen LogP contribution in [0.1, 0.15) is 22.3 Å². The van der Waals surface area contributed by atoms with E-state index in [-0.39, 0.29) is 11.9 Å². The molecule has 6 heteroatoms. The lowest BCUT2D eigenvalue weighted by Crippen LogP contribution is -2.29. The molecule has 0 fully saturated rings. The van der Waals surface area contributed by atoms with Gasteiger partial charge in [0.15, 0.2) is 6.10 Å². The predicted octanol–water partition coefficient (Wildman–Crippen LogP) is 4.35. The summed E-state index contributed by atoms with van der Waals surface area (Å²) < 4.78 is 17.3. The number of hydrogen-bond acceptors (Lipinski definition) is 6. The molecular formula is C25H26N2O4. The van der Waals surface area contributed by atoms with Crippen molar-refractivity contribution < 1.29 is 19.3 Å². The molecule has 3 aromatic rings. The molecule has 4 rings (SSSR count). The van der Waals surface area contributed by atoms with Crippen LogP contribution in [0.3, 0.4) is 0 Å². The summed E-state index contributed by atoms with van der Waals surface area (Å²) in [4.78, 5) is 0. The second kappa shape index (κ2) is 9.00. The summed E-state index contributed by atoms with van der Waals surface area (Å²) in [5.41, 5.74) is 7.44. The average Bonchev–Trinajstić information content (AvgIpc) is 3.23. The molecule has 0 bridgehead atoms. The number of hydrazone groups is 1. The second-order valence-corrected chi connectivity index (χ2v) is 7.55. The van der Waals surface area contributed by atoms with E-state index in [0.717, 1.165) is 28.2 Å². The number of ether oxygens (including phenoxy) is 3. The van der Waals surface area contributed by atoms with Crippen LogP contribution >= 0.6 is 0 Å². The fourth-order valence-corrected chi connectivity index (χ4v) is 3.45. The highest BCUT2D eigenvalue weighted by Crippen LogP contribution is 2.29. The van der Waals surface area contributed by atoms with E-state index in [9.17, 15) is 5.11 Å². The number of methoxy groups -OCH3 is 1. The number of nitrogens with zero attached hydrogens (tertiary/aromatic N) is 1. The summed E-state index contributed by atoms with van der Waals surface area (Å²) in [6.07, 6.45) is -0.296. The van der Waals surface area contributed by atoms with E-state index in [1.807, 2.05) is 62.4 Å². The number of phenols is 1. The van der Waals surface area contributed by atoms with Gasteiger partial charge in [0, 0.05) is 11.6 Å². The Labute approximate surface area is 182 Å². The maximum absolute atomic E-state index is 10.6. The number of aryl methyl sites for hydroxylation is 2.